The lowest BCUT2D eigenvalue weighted by molar-refractivity contribution is 0.0730. The summed E-state index contributed by atoms with van der Waals surface area (Å²) < 4.78 is 0. The van der Waals surface area contributed by atoms with Gasteiger partial charge in [-0.25, -0.2) is 9.97 Å². The van der Waals surface area contributed by atoms with Crippen molar-refractivity contribution in [2.45, 2.75) is 25.4 Å². The number of aromatic nitrogens is 2. The number of carbonyl (C=O) groups is 1. The van der Waals surface area contributed by atoms with Crippen LogP contribution in [0.5, 0.6) is 0 Å². The Bertz CT molecular complexity index is 879. The zero-order chi connectivity index (χ0) is 17.8. The zero-order valence-corrected chi connectivity index (χ0v) is 14.4. The molecule has 4 rings (SSSR count). The molecule has 0 radical (unpaired) electrons. The van der Waals surface area contributed by atoms with Crippen molar-refractivity contribution in [1.29, 1.82) is 0 Å². The summed E-state index contributed by atoms with van der Waals surface area (Å²) in [5.41, 5.74) is 2.63. The second kappa shape index (κ2) is 7.35. The van der Waals surface area contributed by atoms with Crippen LogP contribution in [-0.4, -0.2) is 26.8 Å². The number of rotatable bonds is 6. The summed E-state index contributed by atoms with van der Waals surface area (Å²) >= 11 is 0. The Balaban J connectivity index is 1.53. The van der Waals surface area contributed by atoms with Crippen molar-refractivity contribution in [3.05, 3.63) is 84.2 Å². The summed E-state index contributed by atoms with van der Waals surface area (Å²) in [4.78, 5) is 23.4. The van der Waals surface area contributed by atoms with Gasteiger partial charge >= 0.3 is 0 Å². The minimum absolute atomic E-state index is 0.0639. The fourth-order valence-electron chi connectivity index (χ4n) is 2.92. The molecule has 1 amide bonds. The first-order valence-corrected chi connectivity index (χ1v) is 8.78. The Labute approximate surface area is 152 Å². The summed E-state index contributed by atoms with van der Waals surface area (Å²) in [5.74, 6) is 0.578. The van der Waals surface area contributed by atoms with E-state index in [0.717, 1.165) is 24.1 Å². The van der Waals surface area contributed by atoms with Crippen LogP contribution in [0.2, 0.25) is 0 Å². The van der Waals surface area contributed by atoms with Gasteiger partial charge in [0.25, 0.3) is 5.91 Å². The summed E-state index contributed by atoms with van der Waals surface area (Å²) in [5, 5.41) is 3.14. The van der Waals surface area contributed by atoms with E-state index in [1.165, 1.54) is 0 Å². The third kappa shape index (κ3) is 3.88. The minimum atomic E-state index is 0.0639. The number of hydrogen-bond acceptors (Lipinski definition) is 4. The smallest absolute Gasteiger partial charge is 0.254 e. The largest absolute Gasteiger partial charge is 0.331 e. The quantitative estimate of drug-likeness (QED) is 0.733. The van der Waals surface area contributed by atoms with Crippen LogP contribution < -0.4 is 5.32 Å². The van der Waals surface area contributed by atoms with Gasteiger partial charge in [-0.15, -0.1) is 0 Å². The Kier molecular flexibility index (Phi) is 4.60. The normalized spacial score (nSPS) is 13.2. The Hall–Kier alpha value is -3.21. The molecule has 1 aromatic heterocycles. The number of nitrogens with one attached hydrogen (secondary N) is 1. The van der Waals surface area contributed by atoms with E-state index in [1.54, 1.807) is 18.5 Å². The van der Waals surface area contributed by atoms with E-state index < -0.39 is 0 Å². The molecule has 0 saturated heterocycles. The Morgan fingerprint density at radius 3 is 2.50 bits per heavy atom. The van der Waals surface area contributed by atoms with Gasteiger partial charge in [-0.1, -0.05) is 36.4 Å². The van der Waals surface area contributed by atoms with Crippen molar-refractivity contribution in [1.82, 2.24) is 14.9 Å². The summed E-state index contributed by atoms with van der Waals surface area (Å²) in [6.07, 6.45) is 5.51. The molecule has 0 atom stereocenters. The highest BCUT2D eigenvalue weighted by Crippen LogP contribution is 2.30. The van der Waals surface area contributed by atoms with Crippen molar-refractivity contribution in [3.8, 4) is 0 Å². The molecule has 1 fully saturated rings. The second-order valence-corrected chi connectivity index (χ2v) is 6.43. The van der Waals surface area contributed by atoms with Crippen LogP contribution in [0.3, 0.4) is 0 Å². The highest BCUT2D eigenvalue weighted by Gasteiger charge is 2.33. The Morgan fingerprint density at radius 2 is 1.77 bits per heavy atom. The number of nitrogens with zero attached hydrogens (tertiary/aromatic N) is 3. The molecule has 0 aliphatic heterocycles. The first-order chi connectivity index (χ1) is 12.8. The van der Waals surface area contributed by atoms with Gasteiger partial charge in [0.2, 0.25) is 5.95 Å². The molecular weight excluding hydrogens is 324 g/mol. The summed E-state index contributed by atoms with van der Waals surface area (Å²) in [6.45, 7) is 0.643. The number of amides is 1. The van der Waals surface area contributed by atoms with Crippen molar-refractivity contribution >= 4 is 17.5 Å². The van der Waals surface area contributed by atoms with E-state index >= 15 is 0 Å². The molecule has 0 spiro atoms. The monoisotopic (exact) mass is 344 g/mol. The topological polar surface area (TPSA) is 58.1 Å². The van der Waals surface area contributed by atoms with Crippen molar-refractivity contribution in [2.75, 3.05) is 5.32 Å². The molecule has 1 aliphatic rings. The highest BCUT2D eigenvalue weighted by molar-refractivity contribution is 5.95. The van der Waals surface area contributed by atoms with E-state index in [4.69, 9.17) is 0 Å². The molecule has 1 heterocycles. The number of anilines is 2. The number of hydrogen-bond donors (Lipinski definition) is 1. The molecule has 0 unspecified atom stereocenters. The highest BCUT2D eigenvalue weighted by atomic mass is 16.2. The molecule has 26 heavy (non-hydrogen) atoms. The number of carbonyl (C=O) groups excluding carboxylic acids is 1. The second-order valence-electron chi connectivity index (χ2n) is 6.43. The van der Waals surface area contributed by atoms with Gasteiger partial charge < -0.3 is 10.2 Å². The van der Waals surface area contributed by atoms with E-state index in [9.17, 15) is 4.79 Å². The first-order valence-electron chi connectivity index (χ1n) is 8.78. The van der Waals surface area contributed by atoms with Gasteiger partial charge in [-0.05, 0) is 42.7 Å². The van der Waals surface area contributed by atoms with Gasteiger partial charge in [-0.3, -0.25) is 4.79 Å². The molecular formula is C21H20N4O. The van der Waals surface area contributed by atoms with E-state index in [1.807, 2.05) is 47.4 Å². The fraction of sp³-hybridized carbons (Fsp3) is 0.190. The molecule has 3 aromatic rings. The maximum Gasteiger partial charge on any atom is 0.254 e. The van der Waals surface area contributed by atoms with Crippen LogP contribution in [-0.2, 0) is 6.54 Å². The third-order valence-corrected chi connectivity index (χ3v) is 4.38. The minimum Gasteiger partial charge on any atom is -0.331 e. The van der Waals surface area contributed by atoms with Gasteiger partial charge in [0.15, 0.2) is 0 Å². The van der Waals surface area contributed by atoms with Gasteiger partial charge in [-0.2, -0.15) is 0 Å². The molecule has 1 aliphatic carbocycles. The third-order valence-electron chi connectivity index (χ3n) is 4.38. The molecule has 130 valence electrons. The zero-order valence-electron chi connectivity index (χ0n) is 14.4. The SMILES string of the molecule is O=C(c1cccc(Nc2ncccn2)c1)N(Cc1ccccc1)C1CC1. The van der Waals surface area contributed by atoms with Crippen LogP contribution in [0.25, 0.3) is 0 Å². The van der Waals surface area contributed by atoms with Gasteiger partial charge in [0, 0.05) is 36.2 Å². The van der Waals surface area contributed by atoms with Gasteiger partial charge in [0.05, 0.1) is 0 Å². The van der Waals surface area contributed by atoms with Crippen molar-refractivity contribution in [3.63, 3.8) is 0 Å². The van der Waals surface area contributed by atoms with Crippen LogP contribution in [0.4, 0.5) is 11.6 Å². The van der Waals surface area contributed by atoms with E-state index in [-0.39, 0.29) is 5.91 Å². The average Bonchev–Trinajstić information content (AvgIpc) is 3.53. The molecule has 0 bridgehead atoms. The standard InChI is InChI=1S/C21H20N4O/c26-20(25(19-10-11-19)15-16-6-2-1-3-7-16)17-8-4-9-18(14-17)24-21-22-12-5-13-23-21/h1-9,12-14,19H,10-11,15H2,(H,22,23,24). The van der Waals surface area contributed by atoms with Crippen LogP contribution in [0, 0.1) is 0 Å². The average molecular weight is 344 g/mol. The lowest BCUT2D eigenvalue weighted by Gasteiger charge is -2.23. The summed E-state index contributed by atoms with van der Waals surface area (Å²) in [7, 11) is 0. The van der Waals surface area contributed by atoms with Crippen LogP contribution in [0.15, 0.2) is 73.1 Å². The van der Waals surface area contributed by atoms with Gasteiger partial charge in [0.1, 0.15) is 0 Å². The van der Waals surface area contributed by atoms with Crippen molar-refractivity contribution < 1.29 is 4.79 Å². The Morgan fingerprint density at radius 1 is 1.00 bits per heavy atom. The van der Waals surface area contributed by atoms with E-state index in [2.05, 4.69) is 27.4 Å². The molecule has 2 aromatic carbocycles. The fourth-order valence-corrected chi connectivity index (χ4v) is 2.92. The van der Waals surface area contributed by atoms with Crippen LogP contribution >= 0.6 is 0 Å². The number of benzene rings is 2. The predicted molar refractivity (Wildman–Crippen MR) is 101 cm³/mol. The first kappa shape index (κ1) is 16.3. The maximum absolute atomic E-state index is 13.1. The molecule has 5 heteroatoms. The predicted octanol–water partition coefficient (Wildman–Crippen LogP) is 4.03. The lowest BCUT2D eigenvalue weighted by Crippen LogP contribution is -2.32. The molecule has 1 N–H and O–H groups in total. The van der Waals surface area contributed by atoms with E-state index in [0.29, 0.717) is 24.1 Å². The lowest BCUT2D eigenvalue weighted by atomic mass is 10.1. The summed E-state index contributed by atoms with van der Waals surface area (Å²) in [6, 6.07) is 19.8. The van der Waals surface area contributed by atoms with Crippen LogP contribution in [0.1, 0.15) is 28.8 Å². The molecule has 5 nitrogen and oxygen atoms in total. The molecule has 1 saturated carbocycles. The van der Waals surface area contributed by atoms with Crippen molar-refractivity contribution in [2.24, 2.45) is 0 Å². The maximum atomic E-state index is 13.1.